The molecule has 1 N–H and O–H groups in total. The molecular formula is C13H24N2O4S. The van der Waals surface area contributed by atoms with Crippen molar-refractivity contribution in [1.29, 1.82) is 0 Å². The van der Waals surface area contributed by atoms with Gasteiger partial charge in [-0.15, -0.1) is 0 Å². The molecule has 0 aromatic heterocycles. The Morgan fingerprint density at radius 1 is 1.30 bits per heavy atom. The van der Waals surface area contributed by atoms with Gasteiger partial charge >= 0.3 is 0 Å². The van der Waals surface area contributed by atoms with Gasteiger partial charge in [0.2, 0.25) is 15.9 Å². The number of hydrogen-bond donors (Lipinski definition) is 1. The molecule has 1 amide bonds. The molecule has 0 radical (unpaired) electrons. The third-order valence-corrected chi connectivity index (χ3v) is 5.00. The summed E-state index contributed by atoms with van der Waals surface area (Å²) >= 11 is 0. The fraction of sp³-hybridized carbons (Fsp3) is 0.923. The van der Waals surface area contributed by atoms with E-state index in [1.165, 1.54) is 6.42 Å². The second-order valence-corrected chi connectivity index (χ2v) is 7.78. The number of ether oxygens (including phenoxy) is 1. The minimum absolute atomic E-state index is 0.0479. The maximum absolute atomic E-state index is 12.2. The first-order valence-electron chi connectivity index (χ1n) is 7.20. The molecule has 0 atom stereocenters. The van der Waals surface area contributed by atoms with E-state index in [2.05, 4.69) is 4.72 Å². The van der Waals surface area contributed by atoms with Crippen LogP contribution in [0.2, 0.25) is 0 Å². The summed E-state index contributed by atoms with van der Waals surface area (Å²) in [4.78, 5) is 14.1. The highest BCUT2D eigenvalue weighted by Crippen LogP contribution is 2.39. The lowest BCUT2D eigenvalue weighted by Gasteiger charge is -2.45. The van der Waals surface area contributed by atoms with Gasteiger partial charge in [-0.25, -0.2) is 13.1 Å². The van der Waals surface area contributed by atoms with Crippen LogP contribution in [0.15, 0.2) is 0 Å². The van der Waals surface area contributed by atoms with Gasteiger partial charge in [-0.1, -0.05) is 0 Å². The van der Waals surface area contributed by atoms with Crippen LogP contribution in [-0.4, -0.2) is 58.3 Å². The monoisotopic (exact) mass is 304 g/mol. The van der Waals surface area contributed by atoms with Crippen LogP contribution in [0.1, 0.15) is 32.1 Å². The summed E-state index contributed by atoms with van der Waals surface area (Å²) < 4.78 is 29.7. The van der Waals surface area contributed by atoms with E-state index >= 15 is 0 Å². The van der Waals surface area contributed by atoms with E-state index in [4.69, 9.17) is 4.74 Å². The van der Waals surface area contributed by atoms with Gasteiger partial charge in [0.15, 0.2) is 0 Å². The summed E-state index contributed by atoms with van der Waals surface area (Å²) in [6.07, 6.45) is 5.60. The molecule has 2 rings (SSSR count). The third-order valence-electron chi connectivity index (χ3n) is 4.27. The van der Waals surface area contributed by atoms with E-state index in [9.17, 15) is 13.2 Å². The van der Waals surface area contributed by atoms with Crippen LogP contribution in [0.3, 0.4) is 0 Å². The molecular weight excluding hydrogens is 280 g/mol. The SMILES string of the molecule is CS(=O)(=O)NCCC(=O)N1CCCC2(CCOCC2)C1. The Bertz CT molecular complexity index is 438. The number of sulfonamides is 1. The Hall–Kier alpha value is -0.660. The van der Waals surface area contributed by atoms with Crippen LogP contribution in [-0.2, 0) is 19.6 Å². The standard InChI is InChI=1S/C13H24N2O4S/c1-20(17,18)14-7-3-12(16)15-8-2-4-13(11-15)5-9-19-10-6-13/h14H,2-11H2,1H3. The fourth-order valence-corrected chi connectivity index (χ4v) is 3.61. The van der Waals surface area contributed by atoms with Crippen LogP contribution >= 0.6 is 0 Å². The number of carbonyl (C=O) groups excluding carboxylic acids is 1. The number of nitrogens with one attached hydrogen (secondary N) is 1. The molecule has 6 nitrogen and oxygen atoms in total. The van der Waals surface area contributed by atoms with Crippen LogP contribution in [0.25, 0.3) is 0 Å². The summed E-state index contributed by atoms with van der Waals surface area (Å²) in [6, 6.07) is 0. The van der Waals surface area contributed by atoms with Gasteiger partial charge in [0.05, 0.1) is 6.26 Å². The summed E-state index contributed by atoms with van der Waals surface area (Å²) in [6.45, 7) is 3.36. The molecule has 2 saturated heterocycles. The first-order valence-corrected chi connectivity index (χ1v) is 9.10. The van der Waals surface area contributed by atoms with E-state index in [1.807, 2.05) is 4.90 Å². The molecule has 0 unspecified atom stereocenters. The number of carbonyl (C=O) groups is 1. The van der Waals surface area contributed by atoms with Gasteiger partial charge in [0, 0.05) is 39.3 Å². The zero-order valence-electron chi connectivity index (χ0n) is 12.1. The highest BCUT2D eigenvalue weighted by atomic mass is 32.2. The first-order chi connectivity index (χ1) is 9.40. The molecule has 0 bridgehead atoms. The van der Waals surface area contributed by atoms with E-state index in [0.29, 0.717) is 0 Å². The largest absolute Gasteiger partial charge is 0.381 e. The predicted molar refractivity (Wildman–Crippen MR) is 75.8 cm³/mol. The number of rotatable bonds is 4. The minimum atomic E-state index is -3.21. The van der Waals surface area contributed by atoms with Gasteiger partial charge in [0.25, 0.3) is 0 Å². The Balaban J connectivity index is 1.83. The summed E-state index contributed by atoms with van der Waals surface area (Å²) in [7, 11) is -3.21. The Labute approximate surface area is 120 Å². The maximum Gasteiger partial charge on any atom is 0.223 e. The smallest absolute Gasteiger partial charge is 0.223 e. The van der Waals surface area contributed by atoms with Gasteiger partial charge in [-0.05, 0) is 31.1 Å². The molecule has 2 fully saturated rings. The molecule has 2 heterocycles. The van der Waals surface area contributed by atoms with Crippen molar-refractivity contribution in [3.05, 3.63) is 0 Å². The summed E-state index contributed by atoms with van der Waals surface area (Å²) in [5.74, 6) is 0.0479. The number of likely N-dealkylation sites (tertiary alicyclic amines) is 1. The van der Waals surface area contributed by atoms with E-state index < -0.39 is 10.0 Å². The molecule has 20 heavy (non-hydrogen) atoms. The zero-order valence-corrected chi connectivity index (χ0v) is 12.9. The van der Waals surface area contributed by atoms with Gasteiger partial charge < -0.3 is 9.64 Å². The highest BCUT2D eigenvalue weighted by Gasteiger charge is 2.38. The van der Waals surface area contributed by atoms with E-state index in [1.54, 1.807) is 0 Å². The molecule has 0 saturated carbocycles. The van der Waals surface area contributed by atoms with Crippen molar-refractivity contribution in [2.24, 2.45) is 5.41 Å². The summed E-state index contributed by atoms with van der Waals surface area (Å²) in [5, 5.41) is 0. The van der Waals surface area contributed by atoms with Crippen molar-refractivity contribution in [1.82, 2.24) is 9.62 Å². The Morgan fingerprint density at radius 3 is 2.65 bits per heavy atom. The lowest BCUT2D eigenvalue weighted by Crippen LogP contribution is -2.48. The van der Waals surface area contributed by atoms with Crippen molar-refractivity contribution >= 4 is 15.9 Å². The number of piperidine rings is 1. The zero-order chi connectivity index (χ0) is 14.6. The minimum Gasteiger partial charge on any atom is -0.381 e. The first kappa shape index (κ1) is 15.7. The second kappa shape index (κ2) is 6.41. The van der Waals surface area contributed by atoms with E-state index in [0.717, 1.165) is 51.8 Å². The Kier molecular flexibility index (Phi) is 5.04. The maximum atomic E-state index is 12.2. The predicted octanol–water partition coefficient (Wildman–Crippen LogP) is 0.345. The normalized spacial score (nSPS) is 22.9. The van der Waals surface area contributed by atoms with Crippen LogP contribution in [0.5, 0.6) is 0 Å². The molecule has 7 heteroatoms. The molecule has 0 aromatic rings. The van der Waals surface area contributed by atoms with Crippen molar-refractivity contribution in [3.63, 3.8) is 0 Å². The summed E-state index contributed by atoms with van der Waals surface area (Å²) in [5.41, 5.74) is 0.233. The fourth-order valence-electron chi connectivity index (χ4n) is 3.13. The second-order valence-electron chi connectivity index (χ2n) is 5.95. The highest BCUT2D eigenvalue weighted by molar-refractivity contribution is 7.88. The average Bonchev–Trinajstić information content (AvgIpc) is 2.38. The van der Waals surface area contributed by atoms with Gasteiger partial charge in [0.1, 0.15) is 0 Å². The van der Waals surface area contributed by atoms with Gasteiger partial charge in [-0.2, -0.15) is 0 Å². The van der Waals surface area contributed by atoms with Crippen molar-refractivity contribution in [2.45, 2.75) is 32.1 Å². The van der Waals surface area contributed by atoms with Crippen molar-refractivity contribution in [2.75, 3.05) is 39.1 Å². The van der Waals surface area contributed by atoms with Crippen molar-refractivity contribution in [3.8, 4) is 0 Å². The molecule has 2 aliphatic heterocycles. The quantitative estimate of drug-likeness (QED) is 0.813. The lowest BCUT2D eigenvalue weighted by molar-refractivity contribution is -0.136. The average molecular weight is 304 g/mol. The van der Waals surface area contributed by atoms with Crippen LogP contribution in [0.4, 0.5) is 0 Å². The molecule has 0 aromatic carbocycles. The third kappa shape index (κ3) is 4.43. The Morgan fingerprint density at radius 2 is 2.00 bits per heavy atom. The lowest BCUT2D eigenvalue weighted by atomic mass is 9.74. The molecule has 0 aliphatic carbocycles. The van der Waals surface area contributed by atoms with Gasteiger partial charge in [-0.3, -0.25) is 4.79 Å². The topological polar surface area (TPSA) is 75.7 Å². The van der Waals surface area contributed by atoms with Crippen molar-refractivity contribution < 1.29 is 17.9 Å². The van der Waals surface area contributed by atoms with E-state index in [-0.39, 0.29) is 24.3 Å². The number of nitrogens with zero attached hydrogens (tertiary/aromatic N) is 1. The molecule has 2 aliphatic rings. The molecule has 116 valence electrons. The number of hydrogen-bond acceptors (Lipinski definition) is 4. The number of amides is 1. The van der Waals surface area contributed by atoms with Crippen LogP contribution < -0.4 is 4.72 Å². The van der Waals surface area contributed by atoms with Crippen LogP contribution in [0, 0.1) is 5.41 Å². The molecule has 1 spiro atoms.